The van der Waals surface area contributed by atoms with Gasteiger partial charge in [0.05, 0.1) is 0 Å². The van der Waals surface area contributed by atoms with E-state index in [1.807, 2.05) is 45.2 Å². The smallest absolute Gasteiger partial charge is 0.164 e. The molecule has 0 amide bonds. The molecule has 110 valence electrons. The van der Waals surface area contributed by atoms with Crippen molar-refractivity contribution in [3.8, 4) is 0 Å². The fourth-order valence-electron chi connectivity index (χ4n) is 2.45. The second kappa shape index (κ2) is 7.14. The highest BCUT2D eigenvalue weighted by Crippen LogP contribution is 2.11. The zero-order chi connectivity index (χ0) is 15.2. The number of hydrogen-bond donors (Lipinski definition) is 0. The molecule has 1 aromatic carbocycles. The molecule has 2 rings (SSSR count). The molecule has 0 radical (unpaired) electrons. The summed E-state index contributed by atoms with van der Waals surface area (Å²) in [4.78, 5) is 18.4. The summed E-state index contributed by atoms with van der Waals surface area (Å²) >= 11 is 0. The third kappa shape index (κ3) is 4.80. The molecule has 2 aromatic rings. The normalized spacial score (nSPS) is 10.9. The van der Waals surface area contributed by atoms with E-state index in [1.165, 1.54) is 5.56 Å². The van der Waals surface area contributed by atoms with Gasteiger partial charge in [0.25, 0.3) is 0 Å². The van der Waals surface area contributed by atoms with E-state index in [4.69, 9.17) is 0 Å². The van der Waals surface area contributed by atoms with Crippen LogP contribution in [-0.4, -0.2) is 29.3 Å². The van der Waals surface area contributed by atoms with E-state index in [2.05, 4.69) is 16.0 Å². The number of aromatic nitrogens is 1. The summed E-state index contributed by atoms with van der Waals surface area (Å²) in [6, 6.07) is 10.0. The summed E-state index contributed by atoms with van der Waals surface area (Å²) in [7, 11) is 2.04. The lowest BCUT2D eigenvalue weighted by molar-refractivity contribution is 0.0967. The van der Waals surface area contributed by atoms with Crippen molar-refractivity contribution < 1.29 is 4.79 Å². The lowest BCUT2D eigenvalue weighted by atomic mass is 10.0. The third-order valence-corrected chi connectivity index (χ3v) is 3.47. The zero-order valence-electron chi connectivity index (χ0n) is 13.0. The van der Waals surface area contributed by atoms with Gasteiger partial charge in [0.15, 0.2) is 5.78 Å². The predicted molar refractivity (Wildman–Crippen MR) is 85.4 cm³/mol. The van der Waals surface area contributed by atoms with Crippen molar-refractivity contribution in [2.75, 3.05) is 13.6 Å². The topological polar surface area (TPSA) is 33.2 Å². The largest absolute Gasteiger partial charge is 0.302 e. The lowest BCUT2D eigenvalue weighted by Gasteiger charge is -2.16. The molecular weight excluding hydrogens is 260 g/mol. The van der Waals surface area contributed by atoms with E-state index in [0.29, 0.717) is 6.42 Å². The number of aryl methyl sites for hydroxylation is 2. The van der Waals surface area contributed by atoms with Crippen LogP contribution in [0.25, 0.3) is 0 Å². The molecule has 0 spiro atoms. The average Bonchev–Trinajstić information content (AvgIpc) is 2.45. The highest BCUT2D eigenvalue weighted by molar-refractivity contribution is 5.96. The van der Waals surface area contributed by atoms with Gasteiger partial charge in [0.1, 0.15) is 0 Å². The Labute approximate surface area is 126 Å². The molecule has 0 unspecified atom stereocenters. The molecule has 0 aliphatic heterocycles. The zero-order valence-corrected chi connectivity index (χ0v) is 13.0. The average molecular weight is 282 g/mol. The first-order chi connectivity index (χ1) is 10.0. The first-order valence-corrected chi connectivity index (χ1v) is 7.23. The van der Waals surface area contributed by atoms with Crippen molar-refractivity contribution in [2.45, 2.75) is 26.8 Å². The number of carbonyl (C=O) groups excluding carboxylic acids is 1. The number of nitrogens with zero attached hydrogens (tertiary/aromatic N) is 2. The molecular formula is C18H22N2O. The van der Waals surface area contributed by atoms with Crippen LogP contribution in [0.3, 0.4) is 0 Å². The molecule has 3 heteroatoms. The van der Waals surface area contributed by atoms with E-state index in [0.717, 1.165) is 29.8 Å². The van der Waals surface area contributed by atoms with Crippen LogP contribution in [0.1, 0.15) is 33.5 Å². The second-order valence-corrected chi connectivity index (χ2v) is 5.64. The van der Waals surface area contributed by atoms with Crippen LogP contribution in [0.15, 0.2) is 42.7 Å². The Hall–Kier alpha value is -2.00. The van der Waals surface area contributed by atoms with Crippen molar-refractivity contribution in [1.82, 2.24) is 9.88 Å². The Balaban J connectivity index is 1.88. The molecule has 21 heavy (non-hydrogen) atoms. The van der Waals surface area contributed by atoms with Gasteiger partial charge in [-0.2, -0.15) is 0 Å². The summed E-state index contributed by atoms with van der Waals surface area (Å²) in [5.74, 6) is 0.211. The van der Waals surface area contributed by atoms with Gasteiger partial charge in [0.2, 0.25) is 0 Å². The van der Waals surface area contributed by atoms with Crippen LogP contribution in [-0.2, 0) is 6.54 Å². The van der Waals surface area contributed by atoms with Gasteiger partial charge < -0.3 is 4.90 Å². The summed E-state index contributed by atoms with van der Waals surface area (Å²) < 4.78 is 0. The number of ketones is 1. The van der Waals surface area contributed by atoms with Gasteiger partial charge in [-0.3, -0.25) is 9.78 Å². The van der Waals surface area contributed by atoms with Crippen LogP contribution in [0.2, 0.25) is 0 Å². The maximum Gasteiger partial charge on any atom is 0.164 e. The Morgan fingerprint density at radius 3 is 2.33 bits per heavy atom. The van der Waals surface area contributed by atoms with Crippen molar-refractivity contribution in [3.63, 3.8) is 0 Å². The fourth-order valence-corrected chi connectivity index (χ4v) is 2.45. The highest BCUT2D eigenvalue weighted by atomic mass is 16.1. The van der Waals surface area contributed by atoms with Crippen LogP contribution in [0.4, 0.5) is 0 Å². The maximum atomic E-state index is 12.3. The van der Waals surface area contributed by atoms with Crippen LogP contribution >= 0.6 is 0 Å². The molecule has 0 saturated carbocycles. The summed E-state index contributed by atoms with van der Waals surface area (Å²) in [5.41, 5.74) is 4.32. The quantitative estimate of drug-likeness (QED) is 0.761. The number of benzene rings is 1. The molecule has 3 nitrogen and oxygen atoms in total. The summed E-state index contributed by atoms with van der Waals surface area (Å²) in [5, 5.41) is 0. The van der Waals surface area contributed by atoms with Crippen molar-refractivity contribution >= 4 is 5.78 Å². The van der Waals surface area contributed by atoms with E-state index in [1.54, 1.807) is 12.4 Å². The SMILES string of the molecule is Cc1cc(C)cc(C(=O)CCN(C)Cc2ccncc2)c1. The number of Topliss-reactive ketones (excluding diaryl/α,β-unsaturated/α-hetero) is 1. The lowest BCUT2D eigenvalue weighted by Crippen LogP contribution is -2.21. The van der Waals surface area contributed by atoms with Crippen LogP contribution in [0.5, 0.6) is 0 Å². The van der Waals surface area contributed by atoms with Crippen molar-refractivity contribution in [1.29, 1.82) is 0 Å². The first kappa shape index (κ1) is 15.4. The van der Waals surface area contributed by atoms with Gasteiger partial charge in [-0.25, -0.2) is 0 Å². The van der Waals surface area contributed by atoms with E-state index in [9.17, 15) is 4.79 Å². The number of carbonyl (C=O) groups is 1. The molecule has 0 atom stereocenters. The molecule has 0 saturated heterocycles. The highest BCUT2D eigenvalue weighted by Gasteiger charge is 2.09. The Morgan fingerprint density at radius 2 is 1.71 bits per heavy atom. The number of hydrogen-bond acceptors (Lipinski definition) is 3. The standard InChI is InChI=1S/C18H22N2O/c1-14-10-15(2)12-17(11-14)18(21)6-9-20(3)13-16-4-7-19-8-5-16/h4-5,7-8,10-12H,6,9,13H2,1-3H3. The minimum Gasteiger partial charge on any atom is -0.302 e. The Bertz CT molecular complexity index is 588. The fraction of sp³-hybridized carbons (Fsp3) is 0.333. The van der Waals surface area contributed by atoms with Crippen LogP contribution in [0, 0.1) is 13.8 Å². The van der Waals surface area contributed by atoms with Crippen molar-refractivity contribution in [2.24, 2.45) is 0 Å². The maximum absolute atomic E-state index is 12.3. The Kier molecular flexibility index (Phi) is 5.23. The van der Waals surface area contributed by atoms with E-state index >= 15 is 0 Å². The number of rotatable bonds is 6. The third-order valence-electron chi connectivity index (χ3n) is 3.47. The minimum atomic E-state index is 0.211. The van der Waals surface area contributed by atoms with Gasteiger partial charge in [0, 0.05) is 37.5 Å². The minimum absolute atomic E-state index is 0.211. The van der Waals surface area contributed by atoms with Crippen LogP contribution < -0.4 is 0 Å². The summed E-state index contributed by atoms with van der Waals surface area (Å²) in [6.45, 7) is 5.65. The van der Waals surface area contributed by atoms with Crippen molar-refractivity contribution in [3.05, 3.63) is 65.0 Å². The van der Waals surface area contributed by atoms with Gasteiger partial charge in [-0.1, -0.05) is 17.2 Å². The molecule has 0 aliphatic carbocycles. The Morgan fingerprint density at radius 1 is 1.10 bits per heavy atom. The predicted octanol–water partition coefficient (Wildman–Crippen LogP) is 3.40. The van der Waals surface area contributed by atoms with Gasteiger partial charge >= 0.3 is 0 Å². The molecule has 0 fully saturated rings. The van der Waals surface area contributed by atoms with E-state index < -0.39 is 0 Å². The molecule has 0 N–H and O–H groups in total. The second-order valence-electron chi connectivity index (χ2n) is 5.64. The molecule has 0 aliphatic rings. The summed E-state index contributed by atoms with van der Waals surface area (Å²) in [6.07, 6.45) is 4.14. The molecule has 1 aromatic heterocycles. The van der Waals surface area contributed by atoms with E-state index in [-0.39, 0.29) is 5.78 Å². The molecule has 1 heterocycles. The van der Waals surface area contributed by atoms with Gasteiger partial charge in [-0.05, 0) is 50.7 Å². The molecule has 0 bridgehead atoms. The first-order valence-electron chi connectivity index (χ1n) is 7.23. The monoisotopic (exact) mass is 282 g/mol. The van der Waals surface area contributed by atoms with Gasteiger partial charge in [-0.15, -0.1) is 0 Å². The number of pyridine rings is 1.